The Kier molecular flexibility index (Phi) is 5.06. The SMILES string of the molecule is CCn1cc(Cl)c2cnc(NC(=O)c3ccc(C(C)CO)cc3)cc21. The molecule has 3 aromatic rings. The molecule has 1 unspecified atom stereocenters. The molecule has 3 rings (SSSR count). The van der Waals surface area contributed by atoms with E-state index in [2.05, 4.69) is 10.3 Å². The number of aliphatic hydroxyl groups excluding tert-OH is 1. The van der Waals surface area contributed by atoms with Crippen molar-refractivity contribution in [3.63, 3.8) is 0 Å². The summed E-state index contributed by atoms with van der Waals surface area (Å²) in [6, 6.07) is 9.04. The molecule has 2 N–H and O–H groups in total. The van der Waals surface area contributed by atoms with Gasteiger partial charge in [0.05, 0.1) is 10.5 Å². The second-order valence-electron chi connectivity index (χ2n) is 6.01. The highest BCUT2D eigenvalue weighted by Crippen LogP contribution is 2.27. The van der Waals surface area contributed by atoms with Crippen LogP contribution >= 0.6 is 11.6 Å². The van der Waals surface area contributed by atoms with Crippen LogP contribution in [0, 0.1) is 0 Å². The van der Waals surface area contributed by atoms with E-state index in [4.69, 9.17) is 11.6 Å². The number of carbonyl (C=O) groups is 1. The molecule has 0 saturated carbocycles. The van der Waals surface area contributed by atoms with E-state index < -0.39 is 0 Å². The normalized spacial score (nSPS) is 12.3. The van der Waals surface area contributed by atoms with Crippen molar-refractivity contribution in [2.24, 2.45) is 0 Å². The van der Waals surface area contributed by atoms with Gasteiger partial charge in [-0.25, -0.2) is 4.98 Å². The van der Waals surface area contributed by atoms with Crippen molar-refractivity contribution in [3.8, 4) is 0 Å². The van der Waals surface area contributed by atoms with Crippen LogP contribution in [0.4, 0.5) is 5.82 Å². The Morgan fingerprint density at radius 1 is 1.36 bits per heavy atom. The first-order valence-corrected chi connectivity index (χ1v) is 8.57. The van der Waals surface area contributed by atoms with Gasteiger partial charge in [-0.3, -0.25) is 4.79 Å². The molecule has 5 nitrogen and oxygen atoms in total. The molecule has 1 amide bonds. The number of amides is 1. The Morgan fingerprint density at radius 2 is 2.08 bits per heavy atom. The van der Waals surface area contributed by atoms with E-state index in [9.17, 15) is 9.90 Å². The highest BCUT2D eigenvalue weighted by atomic mass is 35.5. The zero-order chi connectivity index (χ0) is 18.0. The van der Waals surface area contributed by atoms with E-state index in [1.807, 2.05) is 42.8 Å². The van der Waals surface area contributed by atoms with Crippen LogP contribution in [0.25, 0.3) is 10.9 Å². The predicted molar refractivity (Wildman–Crippen MR) is 100 cm³/mol. The number of aromatic nitrogens is 2. The van der Waals surface area contributed by atoms with Gasteiger partial charge in [0.2, 0.25) is 0 Å². The number of halogens is 1. The summed E-state index contributed by atoms with van der Waals surface area (Å²) in [4.78, 5) is 16.7. The van der Waals surface area contributed by atoms with Gasteiger partial charge in [0.25, 0.3) is 5.91 Å². The number of pyridine rings is 1. The zero-order valence-corrected chi connectivity index (χ0v) is 14.9. The van der Waals surface area contributed by atoms with Crippen molar-refractivity contribution >= 4 is 34.2 Å². The summed E-state index contributed by atoms with van der Waals surface area (Å²) in [6.07, 6.45) is 3.53. The quantitative estimate of drug-likeness (QED) is 0.723. The van der Waals surface area contributed by atoms with Gasteiger partial charge in [-0.05, 0) is 24.6 Å². The number of aliphatic hydroxyl groups is 1. The Balaban J connectivity index is 1.82. The summed E-state index contributed by atoms with van der Waals surface area (Å²) < 4.78 is 2.01. The minimum atomic E-state index is -0.226. The van der Waals surface area contributed by atoms with Crippen molar-refractivity contribution in [2.75, 3.05) is 11.9 Å². The molecule has 0 saturated heterocycles. The van der Waals surface area contributed by atoms with Crippen LogP contribution in [0.5, 0.6) is 0 Å². The number of nitrogens with zero attached hydrogens (tertiary/aromatic N) is 2. The average molecular weight is 358 g/mol. The van der Waals surface area contributed by atoms with Gasteiger partial charge in [-0.15, -0.1) is 0 Å². The van der Waals surface area contributed by atoms with Crippen LogP contribution in [0.3, 0.4) is 0 Å². The monoisotopic (exact) mass is 357 g/mol. The molecule has 6 heteroatoms. The standard InChI is InChI=1S/C19H20ClN3O2/c1-3-23-10-16(20)15-9-21-18(8-17(15)23)22-19(25)14-6-4-13(5-7-14)12(2)11-24/h4-10,12,24H,3,11H2,1-2H3,(H,21,22,25). The number of anilines is 1. The first-order valence-electron chi connectivity index (χ1n) is 8.20. The summed E-state index contributed by atoms with van der Waals surface area (Å²) in [7, 11) is 0. The number of carbonyl (C=O) groups excluding carboxylic acids is 1. The number of benzene rings is 1. The van der Waals surface area contributed by atoms with Gasteiger partial charge in [-0.2, -0.15) is 0 Å². The van der Waals surface area contributed by atoms with E-state index in [0.717, 1.165) is 23.0 Å². The molecule has 0 aliphatic heterocycles. The lowest BCUT2D eigenvalue weighted by molar-refractivity contribution is 0.102. The molecular weight excluding hydrogens is 338 g/mol. The van der Waals surface area contributed by atoms with Gasteiger partial charge >= 0.3 is 0 Å². The third-order valence-electron chi connectivity index (χ3n) is 4.32. The average Bonchev–Trinajstić information content (AvgIpc) is 2.96. The minimum Gasteiger partial charge on any atom is -0.396 e. The molecule has 0 spiro atoms. The van der Waals surface area contributed by atoms with E-state index in [1.54, 1.807) is 18.3 Å². The predicted octanol–water partition coefficient (Wildman–Crippen LogP) is 4.06. The highest BCUT2D eigenvalue weighted by Gasteiger charge is 2.12. The Bertz CT molecular complexity index is 903. The lowest BCUT2D eigenvalue weighted by Gasteiger charge is -2.09. The maximum absolute atomic E-state index is 12.4. The lowest BCUT2D eigenvalue weighted by atomic mass is 10.0. The fraction of sp³-hybridized carbons (Fsp3) is 0.263. The number of aryl methyl sites for hydroxylation is 1. The smallest absolute Gasteiger partial charge is 0.256 e. The fourth-order valence-corrected chi connectivity index (χ4v) is 2.99. The second kappa shape index (κ2) is 7.25. The third kappa shape index (κ3) is 3.52. The van der Waals surface area contributed by atoms with Crippen molar-refractivity contribution in [2.45, 2.75) is 26.3 Å². The van der Waals surface area contributed by atoms with E-state index in [0.29, 0.717) is 16.4 Å². The summed E-state index contributed by atoms with van der Waals surface area (Å²) in [5, 5.41) is 13.5. The number of hydrogen-bond acceptors (Lipinski definition) is 3. The maximum atomic E-state index is 12.4. The number of rotatable bonds is 5. The van der Waals surface area contributed by atoms with Crippen LogP contribution in [0.2, 0.25) is 5.02 Å². The Labute approximate surface area is 151 Å². The van der Waals surface area contributed by atoms with Crippen molar-refractivity contribution < 1.29 is 9.90 Å². The van der Waals surface area contributed by atoms with Crippen LogP contribution in [-0.2, 0) is 6.54 Å². The summed E-state index contributed by atoms with van der Waals surface area (Å²) in [6.45, 7) is 4.83. The first-order chi connectivity index (χ1) is 12.0. The molecule has 0 bridgehead atoms. The topological polar surface area (TPSA) is 67.2 Å². The molecule has 2 heterocycles. The summed E-state index contributed by atoms with van der Waals surface area (Å²) in [5.74, 6) is 0.304. The molecule has 2 aromatic heterocycles. The summed E-state index contributed by atoms with van der Waals surface area (Å²) in [5.41, 5.74) is 2.47. The molecule has 0 aliphatic carbocycles. The molecule has 25 heavy (non-hydrogen) atoms. The van der Waals surface area contributed by atoms with Crippen LogP contribution in [0.1, 0.15) is 35.7 Å². The lowest BCUT2D eigenvalue weighted by Crippen LogP contribution is -2.13. The third-order valence-corrected chi connectivity index (χ3v) is 4.62. The van der Waals surface area contributed by atoms with Crippen molar-refractivity contribution in [1.29, 1.82) is 0 Å². The van der Waals surface area contributed by atoms with E-state index in [1.165, 1.54) is 0 Å². The number of hydrogen-bond donors (Lipinski definition) is 2. The van der Waals surface area contributed by atoms with Gasteiger partial charge in [0.1, 0.15) is 5.82 Å². The molecule has 0 fully saturated rings. The number of fused-ring (bicyclic) bond motifs is 1. The van der Waals surface area contributed by atoms with Gasteiger partial charge in [0, 0.05) is 48.5 Å². The van der Waals surface area contributed by atoms with Gasteiger partial charge in [0.15, 0.2) is 0 Å². The Hall–Kier alpha value is -2.37. The van der Waals surface area contributed by atoms with Crippen LogP contribution in [-0.4, -0.2) is 27.2 Å². The molecule has 0 aliphatic rings. The Morgan fingerprint density at radius 3 is 2.72 bits per heavy atom. The molecule has 0 radical (unpaired) electrons. The van der Waals surface area contributed by atoms with E-state index in [-0.39, 0.29) is 18.4 Å². The summed E-state index contributed by atoms with van der Waals surface area (Å²) >= 11 is 6.20. The van der Waals surface area contributed by atoms with Crippen LogP contribution < -0.4 is 5.32 Å². The largest absolute Gasteiger partial charge is 0.396 e. The molecular formula is C19H20ClN3O2. The van der Waals surface area contributed by atoms with Crippen LogP contribution in [0.15, 0.2) is 42.7 Å². The van der Waals surface area contributed by atoms with Crippen molar-refractivity contribution in [3.05, 3.63) is 58.9 Å². The highest BCUT2D eigenvalue weighted by molar-refractivity contribution is 6.35. The maximum Gasteiger partial charge on any atom is 0.256 e. The molecule has 1 atom stereocenters. The van der Waals surface area contributed by atoms with Gasteiger partial charge < -0.3 is 15.0 Å². The number of nitrogens with one attached hydrogen (secondary N) is 1. The van der Waals surface area contributed by atoms with Crippen molar-refractivity contribution in [1.82, 2.24) is 9.55 Å². The zero-order valence-electron chi connectivity index (χ0n) is 14.2. The van der Waals surface area contributed by atoms with E-state index >= 15 is 0 Å². The molecule has 130 valence electrons. The minimum absolute atomic E-state index is 0.0489. The first kappa shape index (κ1) is 17.5. The second-order valence-corrected chi connectivity index (χ2v) is 6.42. The fourth-order valence-electron chi connectivity index (χ4n) is 2.73. The molecule has 1 aromatic carbocycles. The van der Waals surface area contributed by atoms with Gasteiger partial charge in [-0.1, -0.05) is 30.7 Å².